The number of esters is 1. The summed E-state index contributed by atoms with van der Waals surface area (Å²) in [5.41, 5.74) is -0.168. The Bertz CT molecular complexity index is 616. The second-order valence-corrected chi connectivity index (χ2v) is 7.30. The van der Waals surface area contributed by atoms with Gasteiger partial charge in [-0.1, -0.05) is 30.1 Å². The van der Waals surface area contributed by atoms with Crippen LogP contribution in [0.3, 0.4) is 0 Å². The van der Waals surface area contributed by atoms with Crippen molar-refractivity contribution in [3.05, 3.63) is 27.7 Å². The van der Waals surface area contributed by atoms with Crippen molar-refractivity contribution in [1.82, 2.24) is 0 Å². The second kappa shape index (κ2) is 8.19. The molecule has 0 aromatic heterocycles. The van der Waals surface area contributed by atoms with Crippen LogP contribution in [0.1, 0.15) is 23.7 Å². The van der Waals surface area contributed by atoms with Crippen LogP contribution in [0.4, 0.5) is 0 Å². The van der Waals surface area contributed by atoms with E-state index in [1.165, 1.54) is 6.07 Å². The maximum atomic E-state index is 11.9. The monoisotopic (exact) mass is 374 g/mol. The topological polar surface area (TPSA) is 69.7 Å². The summed E-state index contributed by atoms with van der Waals surface area (Å²) in [6.07, 6.45) is 0.852. The number of carbonyl (C=O) groups is 1. The summed E-state index contributed by atoms with van der Waals surface area (Å²) < 4.78 is 32.8. The van der Waals surface area contributed by atoms with Gasteiger partial charge in [0.2, 0.25) is 0 Å². The molecular formula is C12H13Cl3O5S. The average molecular weight is 376 g/mol. The molecule has 0 heterocycles. The van der Waals surface area contributed by atoms with E-state index in [1.54, 1.807) is 0 Å². The predicted molar refractivity (Wildman–Crippen MR) is 80.9 cm³/mol. The van der Waals surface area contributed by atoms with Gasteiger partial charge in [-0.05, 0) is 18.6 Å². The minimum Gasteiger partial charge on any atom is -0.460 e. The van der Waals surface area contributed by atoms with Crippen molar-refractivity contribution in [1.29, 1.82) is 0 Å². The lowest BCUT2D eigenvalue weighted by Gasteiger charge is -2.09. The molecule has 1 aromatic carbocycles. The number of rotatable bonds is 7. The molecular weight excluding hydrogens is 363 g/mol. The molecule has 1 aromatic rings. The van der Waals surface area contributed by atoms with Gasteiger partial charge in [0, 0.05) is 22.3 Å². The number of hydrogen-bond acceptors (Lipinski definition) is 5. The molecule has 0 aliphatic carbocycles. The van der Waals surface area contributed by atoms with Crippen LogP contribution >= 0.6 is 33.9 Å². The zero-order valence-corrected chi connectivity index (χ0v) is 14.2. The summed E-state index contributed by atoms with van der Waals surface area (Å²) in [4.78, 5) is 11.4. The fourth-order valence-corrected chi connectivity index (χ4v) is 3.26. The first-order valence-electron chi connectivity index (χ1n) is 5.96. The first kappa shape index (κ1) is 18.5. The minimum atomic E-state index is -4.12. The Morgan fingerprint density at radius 1 is 1.19 bits per heavy atom. The highest BCUT2D eigenvalue weighted by atomic mass is 35.7. The van der Waals surface area contributed by atoms with Crippen molar-refractivity contribution in [2.24, 2.45) is 0 Å². The predicted octanol–water partition coefficient (Wildman–Crippen LogP) is 3.50. The van der Waals surface area contributed by atoms with E-state index in [1.807, 2.05) is 6.92 Å². The highest BCUT2D eigenvalue weighted by Crippen LogP contribution is 2.31. The summed E-state index contributed by atoms with van der Waals surface area (Å²) in [5.74, 6) is -0.802. The Balaban J connectivity index is 2.88. The van der Waals surface area contributed by atoms with Gasteiger partial charge in [-0.2, -0.15) is 0 Å². The molecule has 0 N–H and O–H groups in total. The number of halogens is 3. The molecule has 1 rings (SSSR count). The van der Waals surface area contributed by atoms with Crippen LogP contribution in [0.15, 0.2) is 17.0 Å². The van der Waals surface area contributed by atoms with Crippen molar-refractivity contribution >= 4 is 48.9 Å². The lowest BCUT2D eigenvalue weighted by Crippen LogP contribution is -2.12. The number of benzene rings is 1. The van der Waals surface area contributed by atoms with E-state index in [4.69, 9.17) is 43.4 Å². The third kappa shape index (κ3) is 5.64. The van der Waals surface area contributed by atoms with Crippen LogP contribution in [-0.2, 0) is 18.5 Å². The van der Waals surface area contributed by atoms with Gasteiger partial charge in [0.25, 0.3) is 9.05 Å². The normalized spacial score (nSPS) is 11.4. The molecule has 0 unspecified atom stereocenters. The van der Waals surface area contributed by atoms with Crippen LogP contribution in [0.25, 0.3) is 0 Å². The van der Waals surface area contributed by atoms with Crippen LogP contribution in [-0.4, -0.2) is 34.2 Å². The minimum absolute atomic E-state index is 0.00723. The molecule has 21 heavy (non-hydrogen) atoms. The van der Waals surface area contributed by atoms with Crippen molar-refractivity contribution in [3.8, 4) is 0 Å². The van der Waals surface area contributed by atoms with E-state index < -0.39 is 19.9 Å². The van der Waals surface area contributed by atoms with Gasteiger partial charge in [-0.15, -0.1) is 0 Å². The van der Waals surface area contributed by atoms with Gasteiger partial charge in [-0.3, -0.25) is 0 Å². The molecule has 0 bridgehead atoms. The largest absolute Gasteiger partial charge is 0.460 e. The summed E-state index contributed by atoms with van der Waals surface area (Å²) in [7, 11) is 1.11. The van der Waals surface area contributed by atoms with Crippen molar-refractivity contribution in [3.63, 3.8) is 0 Å². The van der Waals surface area contributed by atoms with E-state index in [0.717, 1.165) is 12.5 Å². The van der Waals surface area contributed by atoms with Crippen molar-refractivity contribution in [2.75, 3.05) is 19.8 Å². The van der Waals surface area contributed by atoms with Gasteiger partial charge in [-0.25, -0.2) is 13.2 Å². The molecule has 0 aliphatic rings. The second-order valence-electron chi connectivity index (χ2n) is 3.95. The summed E-state index contributed by atoms with van der Waals surface area (Å²) in [6.45, 7) is 2.76. The maximum absolute atomic E-state index is 11.9. The fraction of sp³-hybridized carbons (Fsp3) is 0.417. The lowest BCUT2D eigenvalue weighted by atomic mass is 10.2. The highest BCUT2D eigenvalue weighted by molar-refractivity contribution is 8.13. The SMILES string of the molecule is CCCOCCOC(=O)c1cc(Cl)cc(S(=O)(=O)Cl)c1Cl. The first-order valence-corrected chi connectivity index (χ1v) is 9.02. The Labute approximate surface area is 137 Å². The van der Waals surface area contributed by atoms with Gasteiger partial charge >= 0.3 is 5.97 Å². The van der Waals surface area contributed by atoms with Gasteiger partial charge < -0.3 is 9.47 Å². The highest BCUT2D eigenvalue weighted by Gasteiger charge is 2.23. The number of ether oxygens (including phenoxy) is 2. The molecule has 0 radical (unpaired) electrons. The third-order valence-corrected chi connectivity index (χ3v) is 4.38. The van der Waals surface area contributed by atoms with Gasteiger partial charge in [0.05, 0.1) is 17.2 Å². The molecule has 118 valence electrons. The summed E-state index contributed by atoms with van der Waals surface area (Å²) in [6, 6.07) is 2.28. The fourth-order valence-electron chi connectivity index (χ4n) is 1.41. The van der Waals surface area contributed by atoms with Crippen molar-refractivity contribution < 1.29 is 22.7 Å². The van der Waals surface area contributed by atoms with E-state index in [9.17, 15) is 13.2 Å². The molecule has 5 nitrogen and oxygen atoms in total. The average Bonchev–Trinajstić information content (AvgIpc) is 2.39. The molecule has 0 aliphatic heterocycles. The Morgan fingerprint density at radius 3 is 2.43 bits per heavy atom. The molecule has 0 saturated heterocycles. The van der Waals surface area contributed by atoms with Gasteiger partial charge in [0.15, 0.2) is 0 Å². The van der Waals surface area contributed by atoms with Crippen molar-refractivity contribution in [2.45, 2.75) is 18.2 Å². The molecule has 0 saturated carbocycles. The molecule has 0 fully saturated rings. The van der Waals surface area contributed by atoms with Crippen LogP contribution in [0.2, 0.25) is 10.0 Å². The lowest BCUT2D eigenvalue weighted by molar-refractivity contribution is 0.0318. The van der Waals surface area contributed by atoms with Crippen LogP contribution < -0.4 is 0 Å². The summed E-state index contributed by atoms with van der Waals surface area (Å²) >= 11 is 11.6. The van der Waals surface area contributed by atoms with E-state index in [-0.39, 0.29) is 28.8 Å². The Kier molecular flexibility index (Phi) is 7.23. The molecule has 0 atom stereocenters. The Hall–Kier alpha value is -0.530. The number of hydrogen-bond donors (Lipinski definition) is 0. The van der Waals surface area contributed by atoms with Crippen LogP contribution in [0, 0.1) is 0 Å². The molecule has 0 spiro atoms. The Morgan fingerprint density at radius 2 is 1.86 bits per heavy atom. The van der Waals surface area contributed by atoms with E-state index >= 15 is 0 Å². The zero-order chi connectivity index (χ0) is 16.0. The summed E-state index contributed by atoms with van der Waals surface area (Å²) in [5, 5.41) is -0.318. The zero-order valence-electron chi connectivity index (χ0n) is 11.1. The third-order valence-electron chi connectivity index (χ3n) is 2.30. The van der Waals surface area contributed by atoms with E-state index in [2.05, 4.69) is 0 Å². The van der Waals surface area contributed by atoms with Crippen LogP contribution in [0.5, 0.6) is 0 Å². The van der Waals surface area contributed by atoms with E-state index in [0.29, 0.717) is 6.61 Å². The maximum Gasteiger partial charge on any atom is 0.339 e. The quantitative estimate of drug-likeness (QED) is 0.414. The smallest absolute Gasteiger partial charge is 0.339 e. The number of carbonyl (C=O) groups excluding carboxylic acids is 1. The first-order chi connectivity index (χ1) is 9.77. The molecule has 0 amide bonds. The molecule has 9 heteroatoms. The van der Waals surface area contributed by atoms with Gasteiger partial charge in [0.1, 0.15) is 11.5 Å². The standard InChI is InChI=1S/C12H13Cl3O5S/c1-2-3-19-4-5-20-12(16)9-6-8(13)7-10(11(9)14)21(15,17)18/h6-7H,2-5H2,1H3.